The number of carboxylic acid groups (broad SMARTS) is 1. The normalized spacial score (nSPS) is 18.2. The molecule has 0 aromatic carbocycles. The van der Waals surface area contributed by atoms with Gasteiger partial charge in [0.2, 0.25) is 5.89 Å². The Bertz CT molecular complexity index is 593. The average Bonchev–Trinajstić information content (AvgIpc) is 2.93. The molecule has 2 heterocycles. The molecule has 140 valence electrons. The minimum atomic E-state index is -0.829. The topological polar surface area (TPSA) is 106 Å². The van der Waals surface area contributed by atoms with Gasteiger partial charge in [0, 0.05) is 32.4 Å². The first-order chi connectivity index (χ1) is 11.7. The fourth-order valence-electron chi connectivity index (χ4n) is 2.85. The van der Waals surface area contributed by atoms with Gasteiger partial charge in [-0.15, -0.1) is 0 Å². The molecule has 0 aliphatic carbocycles. The van der Waals surface area contributed by atoms with Gasteiger partial charge in [0.15, 0.2) is 5.82 Å². The van der Waals surface area contributed by atoms with Crippen LogP contribution in [0.1, 0.15) is 58.2 Å². The van der Waals surface area contributed by atoms with Crippen LogP contribution in [0.4, 0.5) is 4.79 Å². The number of ether oxygens (including phenoxy) is 1. The van der Waals surface area contributed by atoms with Gasteiger partial charge < -0.3 is 19.3 Å². The molecule has 2 rings (SSSR count). The summed E-state index contributed by atoms with van der Waals surface area (Å²) in [5, 5.41) is 12.6. The minimum Gasteiger partial charge on any atom is -0.481 e. The molecule has 1 fully saturated rings. The molecule has 1 aliphatic rings. The van der Waals surface area contributed by atoms with Gasteiger partial charge >= 0.3 is 12.1 Å². The highest BCUT2D eigenvalue weighted by molar-refractivity contribution is 5.68. The number of hydrogen-bond acceptors (Lipinski definition) is 6. The number of aromatic nitrogens is 2. The Morgan fingerprint density at radius 3 is 2.84 bits per heavy atom. The molecule has 0 bridgehead atoms. The second-order valence-electron chi connectivity index (χ2n) is 7.49. The van der Waals surface area contributed by atoms with Crippen molar-refractivity contribution >= 4 is 12.1 Å². The molecule has 1 N–H and O–H groups in total. The zero-order valence-corrected chi connectivity index (χ0v) is 15.2. The van der Waals surface area contributed by atoms with Crippen molar-refractivity contribution in [2.45, 2.75) is 64.9 Å². The summed E-state index contributed by atoms with van der Waals surface area (Å²) in [5.74, 6) is 0.521. The van der Waals surface area contributed by atoms with Crippen LogP contribution >= 0.6 is 0 Å². The lowest BCUT2D eigenvalue weighted by Crippen LogP contribution is -2.43. The molecule has 8 heteroatoms. The maximum Gasteiger partial charge on any atom is 0.410 e. The Morgan fingerprint density at radius 2 is 2.16 bits per heavy atom. The van der Waals surface area contributed by atoms with Crippen LogP contribution in [0.3, 0.4) is 0 Å². The SMILES string of the molecule is CC(C)(C)OC(=O)N1CCCC(Cc2noc(CCCC(=O)O)n2)C1. The van der Waals surface area contributed by atoms with Crippen molar-refractivity contribution in [1.82, 2.24) is 15.0 Å². The van der Waals surface area contributed by atoms with Crippen molar-refractivity contribution in [3.8, 4) is 0 Å². The second kappa shape index (κ2) is 8.31. The lowest BCUT2D eigenvalue weighted by molar-refractivity contribution is -0.137. The van der Waals surface area contributed by atoms with Crippen LogP contribution < -0.4 is 0 Å². The molecule has 8 nitrogen and oxygen atoms in total. The molecule has 1 unspecified atom stereocenters. The summed E-state index contributed by atoms with van der Waals surface area (Å²) in [7, 11) is 0. The van der Waals surface area contributed by atoms with E-state index in [-0.39, 0.29) is 18.4 Å². The Balaban J connectivity index is 1.83. The zero-order valence-electron chi connectivity index (χ0n) is 15.2. The summed E-state index contributed by atoms with van der Waals surface area (Å²) in [6, 6.07) is 0. The van der Waals surface area contributed by atoms with E-state index >= 15 is 0 Å². The molecule has 0 spiro atoms. The number of aryl methyl sites for hydroxylation is 1. The minimum absolute atomic E-state index is 0.0885. The van der Waals surface area contributed by atoms with Crippen molar-refractivity contribution in [2.24, 2.45) is 5.92 Å². The molecule has 25 heavy (non-hydrogen) atoms. The van der Waals surface area contributed by atoms with E-state index in [0.717, 1.165) is 12.8 Å². The van der Waals surface area contributed by atoms with Crippen molar-refractivity contribution in [3.63, 3.8) is 0 Å². The number of amides is 1. The maximum absolute atomic E-state index is 12.2. The molecule has 0 radical (unpaired) electrons. The number of carboxylic acids is 1. The van der Waals surface area contributed by atoms with Gasteiger partial charge in [0.05, 0.1) is 0 Å². The predicted octanol–water partition coefficient (Wildman–Crippen LogP) is 2.67. The first-order valence-corrected chi connectivity index (χ1v) is 8.74. The highest BCUT2D eigenvalue weighted by atomic mass is 16.6. The lowest BCUT2D eigenvalue weighted by Gasteiger charge is -2.33. The second-order valence-corrected chi connectivity index (χ2v) is 7.49. The van der Waals surface area contributed by atoms with Crippen LogP contribution in [-0.2, 0) is 22.4 Å². The van der Waals surface area contributed by atoms with Crippen molar-refractivity contribution < 1.29 is 24.0 Å². The Kier molecular flexibility index (Phi) is 6.39. The van der Waals surface area contributed by atoms with E-state index in [1.54, 1.807) is 4.90 Å². The van der Waals surface area contributed by atoms with E-state index < -0.39 is 11.6 Å². The van der Waals surface area contributed by atoms with Crippen LogP contribution in [0.25, 0.3) is 0 Å². The van der Waals surface area contributed by atoms with E-state index in [1.165, 1.54) is 0 Å². The lowest BCUT2D eigenvalue weighted by atomic mass is 9.95. The number of aliphatic carboxylic acids is 1. The van der Waals surface area contributed by atoms with Gasteiger partial charge in [-0.2, -0.15) is 4.98 Å². The summed E-state index contributed by atoms with van der Waals surface area (Å²) < 4.78 is 10.6. The number of carbonyl (C=O) groups is 2. The molecule has 1 saturated heterocycles. The average molecular weight is 353 g/mol. The van der Waals surface area contributed by atoms with Gasteiger partial charge in [-0.3, -0.25) is 4.79 Å². The van der Waals surface area contributed by atoms with E-state index in [4.69, 9.17) is 14.4 Å². The Hall–Kier alpha value is -2.12. The number of likely N-dealkylation sites (tertiary alicyclic amines) is 1. The van der Waals surface area contributed by atoms with E-state index in [1.807, 2.05) is 20.8 Å². The highest BCUT2D eigenvalue weighted by Crippen LogP contribution is 2.22. The molecule has 1 aromatic heterocycles. The quantitative estimate of drug-likeness (QED) is 0.838. The number of carbonyl (C=O) groups excluding carboxylic acids is 1. The van der Waals surface area contributed by atoms with E-state index in [9.17, 15) is 9.59 Å². The maximum atomic E-state index is 12.2. The third-order valence-electron chi connectivity index (χ3n) is 3.93. The summed E-state index contributed by atoms with van der Waals surface area (Å²) in [6.45, 7) is 6.91. The van der Waals surface area contributed by atoms with Gasteiger partial charge in [0.25, 0.3) is 0 Å². The van der Waals surface area contributed by atoms with Crippen molar-refractivity contribution in [1.29, 1.82) is 0 Å². The predicted molar refractivity (Wildman–Crippen MR) is 89.1 cm³/mol. The molecule has 1 aromatic rings. The standard InChI is InChI=1S/C17H27N3O5/c1-17(2,3)24-16(23)20-9-5-6-12(11-20)10-13-18-14(25-19-13)7-4-8-15(21)22/h12H,4-11H2,1-3H3,(H,21,22). The van der Waals surface area contributed by atoms with E-state index in [0.29, 0.717) is 44.1 Å². The fourth-order valence-corrected chi connectivity index (χ4v) is 2.85. The molecule has 0 saturated carbocycles. The summed E-state index contributed by atoms with van der Waals surface area (Å²) in [6.07, 6.45) is 3.32. The van der Waals surface area contributed by atoms with E-state index in [2.05, 4.69) is 10.1 Å². The van der Waals surface area contributed by atoms with Crippen molar-refractivity contribution in [2.75, 3.05) is 13.1 Å². The monoisotopic (exact) mass is 353 g/mol. The van der Waals surface area contributed by atoms with Gasteiger partial charge in [-0.05, 0) is 46.0 Å². The first kappa shape index (κ1) is 19.2. The molecule has 1 atom stereocenters. The van der Waals surface area contributed by atoms with Gasteiger partial charge in [0.1, 0.15) is 5.60 Å². The van der Waals surface area contributed by atoms with Crippen LogP contribution in [0, 0.1) is 5.92 Å². The third-order valence-corrected chi connectivity index (χ3v) is 3.93. The first-order valence-electron chi connectivity index (χ1n) is 8.74. The Morgan fingerprint density at radius 1 is 1.40 bits per heavy atom. The zero-order chi connectivity index (χ0) is 18.4. The van der Waals surface area contributed by atoms with Gasteiger partial charge in [-0.1, -0.05) is 5.16 Å². The van der Waals surface area contributed by atoms with Crippen LogP contribution in [0.15, 0.2) is 4.52 Å². The van der Waals surface area contributed by atoms with Crippen molar-refractivity contribution in [3.05, 3.63) is 11.7 Å². The molecular formula is C17H27N3O5. The van der Waals surface area contributed by atoms with Crippen LogP contribution in [0.2, 0.25) is 0 Å². The summed E-state index contributed by atoms with van der Waals surface area (Å²) in [5.41, 5.74) is -0.497. The number of piperidine rings is 1. The Labute approximate surface area is 147 Å². The number of rotatable bonds is 6. The summed E-state index contributed by atoms with van der Waals surface area (Å²) in [4.78, 5) is 28.8. The number of nitrogens with zero attached hydrogens (tertiary/aromatic N) is 3. The smallest absolute Gasteiger partial charge is 0.410 e. The highest BCUT2D eigenvalue weighted by Gasteiger charge is 2.28. The fraction of sp³-hybridized carbons (Fsp3) is 0.765. The largest absolute Gasteiger partial charge is 0.481 e. The third kappa shape index (κ3) is 6.72. The van der Waals surface area contributed by atoms with Crippen LogP contribution in [-0.4, -0.2) is 50.9 Å². The molecular weight excluding hydrogens is 326 g/mol. The van der Waals surface area contributed by atoms with Gasteiger partial charge in [-0.25, -0.2) is 4.79 Å². The molecule has 1 amide bonds. The summed E-state index contributed by atoms with van der Waals surface area (Å²) >= 11 is 0. The van der Waals surface area contributed by atoms with Crippen LogP contribution in [0.5, 0.6) is 0 Å². The number of hydrogen-bond donors (Lipinski definition) is 1. The molecule has 1 aliphatic heterocycles.